The predicted molar refractivity (Wildman–Crippen MR) is 229 cm³/mol. The molecule has 0 amide bonds. The fraction of sp³-hybridized carbons (Fsp3) is 0.222. The van der Waals surface area contributed by atoms with Crippen LogP contribution in [0.3, 0.4) is 0 Å². The molecule has 5 aromatic carbocycles. The van der Waals surface area contributed by atoms with Crippen molar-refractivity contribution in [2.24, 2.45) is 0 Å². The summed E-state index contributed by atoms with van der Waals surface area (Å²) >= 11 is 0. The van der Waals surface area contributed by atoms with E-state index in [2.05, 4.69) is 0 Å². The molecule has 23 heteroatoms. The number of rotatable bonds is 5. The first kappa shape index (κ1) is 43.8. The lowest BCUT2D eigenvalue weighted by atomic mass is 9.89. The third-order valence-corrected chi connectivity index (χ3v) is 12.3. The van der Waals surface area contributed by atoms with Crippen molar-refractivity contribution < 1.29 is 99.3 Å². The second-order valence-electron chi connectivity index (χ2n) is 16.3. The topological polar surface area (TPSA) is 413 Å². The van der Waals surface area contributed by atoms with Crippen LogP contribution >= 0.6 is 0 Å². The van der Waals surface area contributed by atoms with E-state index in [9.17, 15) is 91.0 Å². The lowest BCUT2D eigenvalue weighted by Gasteiger charge is -2.41. The van der Waals surface area contributed by atoms with Gasteiger partial charge >= 0.3 is 0 Å². The summed E-state index contributed by atoms with van der Waals surface area (Å²) < 4.78 is 28.3. The summed E-state index contributed by atoms with van der Waals surface area (Å²) in [5.74, 6) is -9.86. The van der Waals surface area contributed by atoms with Gasteiger partial charge in [0, 0.05) is 35.4 Å². The molecule has 0 bridgehead atoms. The largest absolute Gasteiger partial charge is 0.508 e. The molecule has 352 valence electrons. The van der Waals surface area contributed by atoms with Crippen LogP contribution in [0.2, 0.25) is 0 Å². The van der Waals surface area contributed by atoms with Gasteiger partial charge in [-0.25, -0.2) is 0 Å². The van der Waals surface area contributed by atoms with E-state index in [4.69, 9.17) is 22.7 Å². The zero-order chi connectivity index (χ0) is 48.7. The number of fused-ring (bicyclic) bond motifs is 6. The lowest BCUT2D eigenvalue weighted by molar-refractivity contribution is -0.314. The molecule has 1 fully saturated rings. The van der Waals surface area contributed by atoms with Crippen LogP contribution in [0, 0.1) is 0 Å². The first-order valence-electron chi connectivity index (χ1n) is 20.2. The van der Waals surface area contributed by atoms with E-state index in [1.165, 1.54) is 0 Å². The summed E-state index contributed by atoms with van der Waals surface area (Å²) in [6, 6.07) is 4.77. The van der Waals surface area contributed by atoms with Crippen molar-refractivity contribution in [2.75, 3.05) is 6.61 Å². The molecule has 7 unspecified atom stereocenters. The molecule has 2 aliphatic rings. The summed E-state index contributed by atoms with van der Waals surface area (Å²) in [5, 5.41) is 160. The van der Waals surface area contributed by atoms with Crippen LogP contribution in [0.5, 0.6) is 57.5 Å². The van der Waals surface area contributed by atoms with Crippen LogP contribution in [0.4, 0.5) is 0 Å². The normalized spacial score (nSPS) is 21.9. The molecule has 0 radical (unpaired) electrons. The maximum atomic E-state index is 14.4. The van der Waals surface area contributed by atoms with E-state index in [0.717, 1.165) is 36.4 Å². The molecule has 1 aliphatic carbocycles. The van der Waals surface area contributed by atoms with Gasteiger partial charge in [0.15, 0.2) is 29.0 Å². The van der Waals surface area contributed by atoms with Gasteiger partial charge < -0.3 is 99.3 Å². The van der Waals surface area contributed by atoms with Crippen LogP contribution in [-0.4, -0.2) is 114 Å². The molecule has 3 aromatic heterocycles. The van der Waals surface area contributed by atoms with Crippen LogP contribution in [0.1, 0.15) is 36.4 Å². The third kappa shape index (κ3) is 6.15. The maximum Gasteiger partial charge on any atom is 0.208 e. The standard InChI is InChI=1S/C45H34O23/c46-9-23-34(56)40(62)41(63)45(68-23)67-19-2-1-13(48)42-29(19)38(60)27-21(65-42)7-15(50)24(35(27)57)12-6-18(53)44-31(33(12)55)39(61)28-22(66-44)8-16(51)25(36(28)58)11-5-17(52)43-30(32(11)54)37(59)26-14(49)3-10(47)4-20(26)64-43/h3-8,13,19,23,34,40-41,45-58,62-63H,1-2,9H2. The highest BCUT2D eigenvalue weighted by molar-refractivity contribution is 6.09. The van der Waals surface area contributed by atoms with Crippen molar-refractivity contribution in [3.05, 3.63) is 78.4 Å². The van der Waals surface area contributed by atoms with Crippen LogP contribution in [0.25, 0.3) is 77.1 Å². The van der Waals surface area contributed by atoms with Gasteiger partial charge in [0.1, 0.15) is 126 Å². The van der Waals surface area contributed by atoms with Gasteiger partial charge in [0.05, 0.1) is 29.4 Å². The summed E-state index contributed by atoms with van der Waals surface area (Å²) in [6.07, 6.45) is -11.8. The maximum absolute atomic E-state index is 14.4. The molecule has 15 N–H and O–H groups in total. The smallest absolute Gasteiger partial charge is 0.208 e. The van der Waals surface area contributed by atoms with Gasteiger partial charge in [-0.05, 0) is 25.0 Å². The van der Waals surface area contributed by atoms with Crippen LogP contribution in [-0.2, 0) is 9.47 Å². The van der Waals surface area contributed by atoms with E-state index in [0.29, 0.717) is 0 Å². The molecular weight excluding hydrogens is 908 g/mol. The van der Waals surface area contributed by atoms with Gasteiger partial charge in [-0.3, -0.25) is 14.4 Å². The Morgan fingerprint density at radius 2 is 1.03 bits per heavy atom. The van der Waals surface area contributed by atoms with Crippen molar-refractivity contribution in [3.8, 4) is 79.7 Å². The predicted octanol–water partition coefficient (Wildman–Crippen LogP) is 2.39. The Balaban J connectivity index is 1.14. The molecule has 23 nitrogen and oxygen atoms in total. The lowest BCUT2D eigenvalue weighted by Crippen LogP contribution is -2.59. The molecule has 0 spiro atoms. The first-order valence-corrected chi connectivity index (χ1v) is 20.2. The van der Waals surface area contributed by atoms with Crippen molar-refractivity contribution in [3.63, 3.8) is 0 Å². The summed E-state index contributed by atoms with van der Waals surface area (Å²) in [6.45, 7) is -0.805. The Labute approximate surface area is 374 Å². The average molecular weight is 943 g/mol. The number of hydrogen-bond donors (Lipinski definition) is 15. The molecule has 68 heavy (non-hydrogen) atoms. The van der Waals surface area contributed by atoms with Gasteiger partial charge in [-0.1, -0.05) is 0 Å². The van der Waals surface area contributed by atoms with E-state index >= 15 is 0 Å². The number of phenols is 10. The fourth-order valence-corrected chi connectivity index (χ4v) is 9.08. The van der Waals surface area contributed by atoms with Crippen molar-refractivity contribution >= 4 is 54.8 Å². The zero-order valence-corrected chi connectivity index (χ0v) is 34.1. The van der Waals surface area contributed by atoms with Crippen molar-refractivity contribution in [2.45, 2.75) is 55.8 Å². The first-order chi connectivity index (χ1) is 32.2. The fourth-order valence-electron chi connectivity index (χ4n) is 9.08. The molecular formula is C45H34O23. The molecule has 10 rings (SSSR count). The summed E-state index contributed by atoms with van der Waals surface area (Å²) in [5.41, 5.74) is -9.98. The number of phenolic OH excluding ortho intramolecular Hbond substituents is 10. The molecule has 4 heterocycles. The van der Waals surface area contributed by atoms with E-state index in [1.54, 1.807) is 0 Å². The minimum absolute atomic E-state index is 0.101. The molecule has 7 atom stereocenters. The quantitative estimate of drug-likeness (QED) is 0.0870. The number of aliphatic hydroxyl groups is 5. The number of ether oxygens (including phenoxy) is 2. The Kier molecular flexibility index (Phi) is 9.84. The minimum Gasteiger partial charge on any atom is -0.508 e. The molecule has 1 saturated heterocycles. The highest BCUT2D eigenvalue weighted by Crippen LogP contribution is 2.53. The van der Waals surface area contributed by atoms with Crippen LogP contribution < -0.4 is 16.3 Å². The highest BCUT2D eigenvalue weighted by Gasteiger charge is 2.46. The average Bonchev–Trinajstić information content (AvgIpc) is 3.27. The molecule has 8 aromatic rings. The highest BCUT2D eigenvalue weighted by atomic mass is 16.7. The van der Waals surface area contributed by atoms with Crippen molar-refractivity contribution in [1.82, 2.24) is 0 Å². The number of hydrogen-bond acceptors (Lipinski definition) is 23. The minimum atomic E-state index is -1.90. The van der Waals surface area contributed by atoms with E-state index in [1.807, 2.05) is 0 Å². The van der Waals surface area contributed by atoms with E-state index < -0.39 is 206 Å². The van der Waals surface area contributed by atoms with Gasteiger partial charge in [0.2, 0.25) is 16.3 Å². The van der Waals surface area contributed by atoms with Gasteiger partial charge in [0.25, 0.3) is 0 Å². The SMILES string of the molecule is O=c1c2c(oc3cc(O)c(-c4cc(O)c5oc6cc(O)c(-c7cc(O)c8oc9cc(O)cc(O)c9c(=O)c8c7O)c(O)c6c(=O)c5c4O)c(O)c13)C(O)CCC2OC1OC(CO)C(O)C(O)C1O. The Morgan fingerprint density at radius 1 is 0.515 bits per heavy atom. The van der Waals surface area contributed by atoms with Crippen LogP contribution in [0.15, 0.2) is 64.0 Å². The second kappa shape index (κ2) is 15.3. The number of benzene rings is 5. The Bertz CT molecular complexity index is 3700. The third-order valence-electron chi connectivity index (χ3n) is 12.3. The van der Waals surface area contributed by atoms with Gasteiger partial charge in [-0.15, -0.1) is 0 Å². The van der Waals surface area contributed by atoms with E-state index in [-0.39, 0.29) is 18.6 Å². The van der Waals surface area contributed by atoms with Gasteiger partial charge in [-0.2, -0.15) is 0 Å². The summed E-state index contributed by atoms with van der Waals surface area (Å²) in [4.78, 5) is 42.4. The Morgan fingerprint density at radius 3 is 1.59 bits per heavy atom. The monoisotopic (exact) mass is 942 g/mol. The number of aromatic hydroxyl groups is 10. The summed E-state index contributed by atoms with van der Waals surface area (Å²) in [7, 11) is 0. The second-order valence-corrected chi connectivity index (χ2v) is 16.3. The molecule has 1 aliphatic heterocycles. The van der Waals surface area contributed by atoms with Crippen molar-refractivity contribution in [1.29, 1.82) is 0 Å². The molecule has 0 saturated carbocycles. The zero-order valence-electron chi connectivity index (χ0n) is 34.1. The Hall–Kier alpha value is -8.03. The number of aliphatic hydroxyl groups excluding tert-OH is 5.